The van der Waals surface area contributed by atoms with Crippen molar-refractivity contribution in [1.82, 2.24) is 14.5 Å². The van der Waals surface area contributed by atoms with Crippen LogP contribution in [0.25, 0.3) is 55.6 Å². The van der Waals surface area contributed by atoms with E-state index in [0.717, 1.165) is 28.2 Å². The Bertz CT molecular complexity index is 1960. The fourth-order valence-corrected chi connectivity index (χ4v) is 9.45. The first-order valence-corrected chi connectivity index (χ1v) is 16.4. The van der Waals surface area contributed by atoms with E-state index in [-0.39, 0.29) is 0 Å². The van der Waals surface area contributed by atoms with Gasteiger partial charge < -0.3 is 4.57 Å². The topological polar surface area (TPSA) is 30.7 Å². The number of allylic oxidation sites excluding steroid dienone is 3. The molecule has 0 fully saturated rings. The molecule has 0 amide bonds. The third kappa shape index (κ3) is 3.49. The minimum absolute atomic E-state index is 0.690. The van der Waals surface area contributed by atoms with E-state index >= 15 is 0 Å². The third-order valence-corrected chi connectivity index (χ3v) is 11.5. The maximum absolute atomic E-state index is 5.23. The molecule has 0 radical (unpaired) electrons. The molecule has 0 N–H and O–H groups in total. The summed E-state index contributed by atoms with van der Waals surface area (Å²) in [7, 11) is -2.03. The highest BCUT2D eigenvalue weighted by Gasteiger charge is 2.41. The quantitative estimate of drug-likeness (QED) is 0.177. The number of nitrogens with zero attached hydrogens (tertiary/aromatic N) is 3. The summed E-state index contributed by atoms with van der Waals surface area (Å²) in [6, 6.07) is 34.8. The summed E-state index contributed by atoms with van der Waals surface area (Å²) in [5, 5.41) is 5.20. The molecule has 0 unspecified atom stereocenters. The van der Waals surface area contributed by atoms with Gasteiger partial charge in [0.25, 0.3) is 0 Å². The molecule has 3 heterocycles. The lowest BCUT2D eigenvalue weighted by Gasteiger charge is -2.21. The number of hydrogen-bond donors (Lipinski definition) is 0. The second-order valence-corrected chi connectivity index (χ2v) is 15.0. The standard InChI is InChI=1S/C35H29N3Si/c1-5-13-23(2)35-36-32(34-33(37-35)27-17-10-12-19-31(27)39(34,3)4)24-20-21-30-28(22-24)26-16-9-11-18-29(26)38(30)25-14-7-6-8-15-25/h5-22H,2H2,1,3-4H3/b13-5-. The minimum atomic E-state index is -2.03. The highest BCUT2D eigenvalue weighted by molar-refractivity contribution is 7.04. The van der Waals surface area contributed by atoms with Crippen LogP contribution in [-0.4, -0.2) is 22.6 Å². The number of para-hydroxylation sites is 2. The predicted molar refractivity (Wildman–Crippen MR) is 168 cm³/mol. The van der Waals surface area contributed by atoms with Gasteiger partial charge in [-0.15, -0.1) is 0 Å². The molecule has 3 nitrogen and oxygen atoms in total. The van der Waals surface area contributed by atoms with Gasteiger partial charge >= 0.3 is 0 Å². The van der Waals surface area contributed by atoms with Crippen molar-refractivity contribution in [2.45, 2.75) is 20.0 Å². The monoisotopic (exact) mass is 519 g/mol. The Morgan fingerprint density at radius 3 is 2.28 bits per heavy atom. The Kier molecular flexibility index (Phi) is 5.29. The molecule has 0 atom stereocenters. The largest absolute Gasteiger partial charge is 0.309 e. The van der Waals surface area contributed by atoms with Gasteiger partial charge in [0.15, 0.2) is 5.82 Å². The van der Waals surface area contributed by atoms with Gasteiger partial charge in [-0.05, 0) is 53.2 Å². The molecular weight excluding hydrogens is 490 g/mol. The van der Waals surface area contributed by atoms with Crippen LogP contribution < -0.4 is 10.4 Å². The van der Waals surface area contributed by atoms with Crippen LogP contribution in [0.3, 0.4) is 0 Å². The molecule has 1 aliphatic rings. The van der Waals surface area contributed by atoms with Crippen molar-refractivity contribution >= 4 is 45.8 Å². The lowest BCUT2D eigenvalue weighted by Crippen LogP contribution is -2.50. The summed E-state index contributed by atoms with van der Waals surface area (Å²) in [6.07, 6.45) is 3.99. The van der Waals surface area contributed by atoms with E-state index in [2.05, 4.69) is 121 Å². The van der Waals surface area contributed by atoms with Crippen LogP contribution >= 0.6 is 0 Å². The molecule has 0 saturated carbocycles. The van der Waals surface area contributed by atoms with Crippen molar-refractivity contribution in [3.05, 3.63) is 122 Å². The second kappa shape index (κ2) is 8.75. The Morgan fingerprint density at radius 1 is 0.769 bits per heavy atom. The zero-order valence-electron chi connectivity index (χ0n) is 22.4. The minimum Gasteiger partial charge on any atom is -0.309 e. The molecule has 4 heteroatoms. The Balaban J connectivity index is 1.54. The van der Waals surface area contributed by atoms with E-state index in [1.165, 1.54) is 37.7 Å². The van der Waals surface area contributed by atoms with Crippen molar-refractivity contribution in [1.29, 1.82) is 0 Å². The number of rotatable bonds is 4. The Hall–Kier alpha value is -4.54. The maximum Gasteiger partial charge on any atom is 0.159 e. The van der Waals surface area contributed by atoms with E-state index in [9.17, 15) is 0 Å². The van der Waals surface area contributed by atoms with Crippen LogP contribution in [0.15, 0.2) is 116 Å². The fourth-order valence-electron chi connectivity index (χ4n) is 6.22. The van der Waals surface area contributed by atoms with Crippen molar-refractivity contribution in [2.75, 3.05) is 0 Å². The van der Waals surface area contributed by atoms with Crippen LogP contribution in [0.5, 0.6) is 0 Å². The van der Waals surface area contributed by atoms with Crippen LogP contribution in [0.2, 0.25) is 13.1 Å². The SMILES string of the molecule is C=C(/C=C\C)c1nc(-c2ccc3c(c2)c2ccccc2n3-c2ccccc2)c2c(n1)-c1ccccc1[Si]2(C)C. The normalized spacial score (nSPS) is 13.7. The molecule has 188 valence electrons. The van der Waals surface area contributed by atoms with Crippen molar-refractivity contribution < 1.29 is 0 Å². The molecule has 6 aromatic rings. The van der Waals surface area contributed by atoms with Gasteiger partial charge in [0.1, 0.15) is 8.07 Å². The Morgan fingerprint density at radius 2 is 1.46 bits per heavy atom. The lowest BCUT2D eigenvalue weighted by molar-refractivity contribution is 1.15. The van der Waals surface area contributed by atoms with Gasteiger partial charge in [-0.2, -0.15) is 0 Å². The number of benzene rings is 4. The first kappa shape index (κ1) is 23.6. The van der Waals surface area contributed by atoms with E-state index in [1.807, 2.05) is 19.1 Å². The van der Waals surface area contributed by atoms with Crippen molar-refractivity contribution in [3.8, 4) is 28.2 Å². The average Bonchev–Trinajstić information content (AvgIpc) is 3.42. The van der Waals surface area contributed by atoms with Crippen LogP contribution in [0, 0.1) is 0 Å². The Labute approximate surface area is 229 Å². The summed E-state index contributed by atoms with van der Waals surface area (Å²) < 4.78 is 2.35. The van der Waals surface area contributed by atoms with Gasteiger partial charge in [0.05, 0.1) is 22.4 Å². The zero-order valence-corrected chi connectivity index (χ0v) is 23.4. The summed E-state index contributed by atoms with van der Waals surface area (Å²) >= 11 is 0. The number of aromatic nitrogens is 3. The van der Waals surface area contributed by atoms with E-state index in [4.69, 9.17) is 9.97 Å². The van der Waals surface area contributed by atoms with Crippen LogP contribution in [-0.2, 0) is 0 Å². The van der Waals surface area contributed by atoms with E-state index in [1.54, 1.807) is 0 Å². The van der Waals surface area contributed by atoms with Gasteiger partial charge in [0.2, 0.25) is 0 Å². The molecule has 1 aliphatic heterocycles. The summed E-state index contributed by atoms with van der Waals surface area (Å²) in [5.74, 6) is 0.690. The van der Waals surface area contributed by atoms with Gasteiger partial charge in [-0.3, -0.25) is 0 Å². The maximum atomic E-state index is 5.23. The van der Waals surface area contributed by atoms with Crippen LogP contribution in [0.4, 0.5) is 0 Å². The van der Waals surface area contributed by atoms with E-state index in [0.29, 0.717) is 5.82 Å². The molecule has 7 rings (SSSR count). The fraction of sp³-hybridized carbons (Fsp3) is 0.0857. The zero-order chi connectivity index (χ0) is 26.7. The van der Waals surface area contributed by atoms with Crippen LogP contribution in [0.1, 0.15) is 12.7 Å². The number of fused-ring (bicyclic) bond motifs is 6. The van der Waals surface area contributed by atoms with Crippen molar-refractivity contribution in [3.63, 3.8) is 0 Å². The summed E-state index contributed by atoms with van der Waals surface area (Å²) in [4.78, 5) is 10.3. The average molecular weight is 520 g/mol. The highest BCUT2D eigenvalue weighted by Crippen LogP contribution is 2.37. The van der Waals surface area contributed by atoms with Gasteiger partial charge in [-0.25, -0.2) is 9.97 Å². The van der Waals surface area contributed by atoms with E-state index < -0.39 is 8.07 Å². The second-order valence-electron chi connectivity index (χ2n) is 10.7. The van der Waals surface area contributed by atoms with Gasteiger partial charge in [-0.1, -0.05) is 98.6 Å². The molecular formula is C35H29N3Si. The molecule has 2 aromatic heterocycles. The molecule has 39 heavy (non-hydrogen) atoms. The summed E-state index contributed by atoms with van der Waals surface area (Å²) in [6.45, 7) is 11.1. The highest BCUT2D eigenvalue weighted by atomic mass is 28.3. The lowest BCUT2D eigenvalue weighted by atomic mass is 10.0. The molecule has 0 bridgehead atoms. The predicted octanol–water partition coefficient (Wildman–Crippen LogP) is 7.63. The first-order valence-electron chi connectivity index (χ1n) is 13.4. The molecule has 0 aliphatic carbocycles. The molecule has 0 saturated heterocycles. The smallest absolute Gasteiger partial charge is 0.159 e. The van der Waals surface area contributed by atoms with Crippen molar-refractivity contribution in [2.24, 2.45) is 0 Å². The third-order valence-electron chi connectivity index (χ3n) is 8.01. The van der Waals surface area contributed by atoms with Gasteiger partial charge in [0, 0.05) is 27.6 Å². The molecule has 4 aromatic carbocycles. The number of hydrogen-bond acceptors (Lipinski definition) is 2. The first-order chi connectivity index (χ1) is 19.0. The summed E-state index contributed by atoms with van der Waals surface area (Å²) in [5.41, 5.74) is 8.85. The molecule has 0 spiro atoms.